The molecule has 116 valence electrons. The Morgan fingerprint density at radius 2 is 2.32 bits per heavy atom. The average Bonchev–Trinajstić information content (AvgIpc) is 3.24. The number of hydrogen-bond acceptors (Lipinski definition) is 6. The van der Waals surface area contributed by atoms with Gasteiger partial charge in [-0.1, -0.05) is 12.1 Å². The monoisotopic (exact) mass is 319 g/mol. The molecule has 1 amide bonds. The maximum atomic E-state index is 11.7. The lowest BCUT2D eigenvalue weighted by Crippen LogP contribution is -2.18. The minimum absolute atomic E-state index is 0.0601. The van der Waals surface area contributed by atoms with Gasteiger partial charge in [-0.2, -0.15) is 9.36 Å². The van der Waals surface area contributed by atoms with Crippen LogP contribution in [0.5, 0.6) is 5.75 Å². The van der Waals surface area contributed by atoms with Crippen LogP contribution < -0.4 is 10.1 Å². The van der Waals surface area contributed by atoms with Crippen molar-refractivity contribution < 1.29 is 14.3 Å². The van der Waals surface area contributed by atoms with Gasteiger partial charge in [0.2, 0.25) is 5.13 Å². The molecule has 0 radical (unpaired) electrons. The van der Waals surface area contributed by atoms with Gasteiger partial charge in [-0.15, -0.1) is 0 Å². The molecule has 22 heavy (non-hydrogen) atoms. The summed E-state index contributed by atoms with van der Waals surface area (Å²) in [6.07, 6.45) is 2.42. The molecule has 0 spiro atoms. The van der Waals surface area contributed by atoms with E-state index in [1.807, 2.05) is 24.3 Å². The zero-order chi connectivity index (χ0) is 15.4. The second-order valence-corrected chi connectivity index (χ2v) is 5.91. The highest BCUT2D eigenvalue weighted by atomic mass is 32.1. The van der Waals surface area contributed by atoms with E-state index >= 15 is 0 Å². The van der Waals surface area contributed by atoms with Crippen molar-refractivity contribution >= 4 is 22.6 Å². The summed E-state index contributed by atoms with van der Waals surface area (Å²) in [6, 6.07) is 7.48. The molecular weight excluding hydrogens is 302 g/mol. The number of amides is 1. The SMILES string of the molecule is COc1cccc(-c2nsc(NC(=O)COCC3CC3)n2)c1. The van der Waals surface area contributed by atoms with Crippen LogP contribution in [-0.4, -0.2) is 35.6 Å². The lowest BCUT2D eigenvalue weighted by Gasteiger charge is -2.02. The Hall–Kier alpha value is -1.99. The number of nitrogens with one attached hydrogen (secondary N) is 1. The van der Waals surface area contributed by atoms with Crippen molar-refractivity contribution in [1.29, 1.82) is 0 Å². The molecule has 1 aliphatic rings. The third-order valence-electron chi connectivity index (χ3n) is 3.28. The quantitative estimate of drug-likeness (QED) is 0.849. The predicted octanol–water partition coefficient (Wildman–Crippen LogP) is 2.58. The number of carbonyl (C=O) groups excluding carboxylic acids is 1. The van der Waals surface area contributed by atoms with Crippen LogP contribution in [0.25, 0.3) is 11.4 Å². The summed E-state index contributed by atoms with van der Waals surface area (Å²) in [7, 11) is 1.61. The Morgan fingerprint density at radius 1 is 1.45 bits per heavy atom. The first kappa shape index (κ1) is 14.9. The molecule has 6 nitrogen and oxygen atoms in total. The molecule has 1 aliphatic carbocycles. The normalized spacial score (nSPS) is 13.9. The Bertz CT molecular complexity index is 655. The fraction of sp³-hybridized carbons (Fsp3) is 0.400. The highest BCUT2D eigenvalue weighted by Gasteiger charge is 2.21. The first-order valence-electron chi connectivity index (χ1n) is 7.10. The highest BCUT2D eigenvalue weighted by molar-refractivity contribution is 7.10. The van der Waals surface area contributed by atoms with Crippen LogP contribution in [0.2, 0.25) is 0 Å². The van der Waals surface area contributed by atoms with Crippen LogP contribution >= 0.6 is 11.5 Å². The molecule has 1 N–H and O–H groups in total. The summed E-state index contributed by atoms with van der Waals surface area (Å²) in [6.45, 7) is 0.725. The van der Waals surface area contributed by atoms with Crippen LogP contribution in [0.4, 0.5) is 5.13 Å². The van der Waals surface area contributed by atoms with E-state index in [-0.39, 0.29) is 12.5 Å². The van der Waals surface area contributed by atoms with Gasteiger partial charge in [-0.3, -0.25) is 10.1 Å². The van der Waals surface area contributed by atoms with Gasteiger partial charge in [0.1, 0.15) is 12.4 Å². The summed E-state index contributed by atoms with van der Waals surface area (Å²) in [4.78, 5) is 16.1. The minimum Gasteiger partial charge on any atom is -0.497 e. The molecule has 0 atom stereocenters. The molecule has 1 heterocycles. The summed E-state index contributed by atoms with van der Waals surface area (Å²) < 4.78 is 14.8. The van der Waals surface area contributed by atoms with Crippen molar-refractivity contribution in [3.8, 4) is 17.1 Å². The molecule has 1 aromatic carbocycles. The van der Waals surface area contributed by atoms with Gasteiger partial charge >= 0.3 is 0 Å². The Kier molecular flexibility index (Phi) is 4.65. The lowest BCUT2D eigenvalue weighted by atomic mass is 10.2. The molecule has 7 heteroatoms. The number of benzene rings is 1. The summed E-state index contributed by atoms with van der Waals surface area (Å²) >= 11 is 1.15. The van der Waals surface area contributed by atoms with Gasteiger partial charge in [-0.25, -0.2) is 0 Å². The Morgan fingerprint density at radius 3 is 3.09 bits per heavy atom. The van der Waals surface area contributed by atoms with Crippen molar-refractivity contribution in [2.24, 2.45) is 5.92 Å². The lowest BCUT2D eigenvalue weighted by molar-refractivity contribution is -0.120. The number of nitrogens with zero attached hydrogens (tertiary/aromatic N) is 2. The van der Waals surface area contributed by atoms with Crippen LogP contribution in [0, 0.1) is 5.92 Å². The van der Waals surface area contributed by atoms with Gasteiger partial charge in [0, 0.05) is 17.1 Å². The third kappa shape index (κ3) is 4.02. The minimum atomic E-state index is -0.200. The maximum absolute atomic E-state index is 11.7. The van der Waals surface area contributed by atoms with Gasteiger partial charge in [0.25, 0.3) is 5.91 Å². The molecule has 1 aromatic heterocycles. The fourth-order valence-corrected chi connectivity index (χ4v) is 2.52. The van der Waals surface area contributed by atoms with Crippen molar-refractivity contribution in [2.75, 3.05) is 25.6 Å². The van der Waals surface area contributed by atoms with E-state index in [1.54, 1.807) is 7.11 Å². The number of anilines is 1. The van der Waals surface area contributed by atoms with E-state index in [0.29, 0.717) is 23.5 Å². The van der Waals surface area contributed by atoms with Crippen LogP contribution in [0.15, 0.2) is 24.3 Å². The van der Waals surface area contributed by atoms with Gasteiger partial charge < -0.3 is 9.47 Å². The molecule has 0 aliphatic heterocycles. The van der Waals surface area contributed by atoms with E-state index in [9.17, 15) is 4.79 Å². The number of hydrogen-bond donors (Lipinski definition) is 1. The number of rotatable bonds is 7. The second-order valence-electron chi connectivity index (χ2n) is 5.16. The van der Waals surface area contributed by atoms with Crippen LogP contribution in [0.1, 0.15) is 12.8 Å². The van der Waals surface area contributed by atoms with E-state index in [4.69, 9.17) is 9.47 Å². The van der Waals surface area contributed by atoms with Gasteiger partial charge in [-0.05, 0) is 30.9 Å². The van der Waals surface area contributed by atoms with Crippen molar-refractivity contribution in [1.82, 2.24) is 9.36 Å². The average molecular weight is 319 g/mol. The molecule has 0 bridgehead atoms. The molecule has 1 fully saturated rings. The molecule has 3 rings (SSSR count). The van der Waals surface area contributed by atoms with E-state index < -0.39 is 0 Å². The topological polar surface area (TPSA) is 73.3 Å². The number of ether oxygens (including phenoxy) is 2. The van der Waals surface area contributed by atoms with Crippen molar-refractivity contribution in [3.05, 3.63) is 24.3 Å². The molecule has 1 saturated carbocycles. The first-order valence-corrected chi connectivity index (χ1v) is 7.87. The molecule has 0 unspecified atom stereocenters. The zero-order valence-electron chi connectivity index (χ0n) is 12.2. The van der Waals surface area contributed by atoms with Gasteiger partial charge in [0.15, 0.2) is 5.82 Å². The first-order chi connectivity index (χ1) is 10.7. The highest BCUT2D eigenvalue weighted by Crippen LogP contribution is 2.28. The summed E-state index contributed by atoms with van der Waals surface area (Å²) in [5.41, 5.74) is 0.848. The number of methoxy groups -OCH3 is 1. The summed E-state index contributed by atoms with van der Waals surface area (Å²) in [5.74, 6) is 1.76. The number of aromatic nitrogens is 2. The Labute approximate surface area is 132 Å². The van der Waals surface area contributed by atoms with Crippen LogP contribution in [-0.2, 0) is 9.53 Å². The molecular formula is C15H17N3O3S. The zero-order valence-corrected chi connectivity index (χ0v) is 13.1. The smallest absolute Gasteiger partial charge is 0.252 e. The Balaban J connectivity index is 1.56. The largest absolute Gasteiger partial charge is 0.497 e. The predicted molar refractivity (Wildman–Crippen MR) is 84.1 cm³/mol. The van der Waals surface area contributed by atoms with E-state index in [1.165, 1.54) is 12.8 Å². The third-order valence-corrected chi connectivity index (χ3v) is 3.91. The van der Waals surface area contributed by atoms with E-state index in [2.05, 4.69) is 14.7 Å². The van der Waals surface area contributed by atoms with Gasteiger partial charge in [0.05, 0.1) is 13.7 Å². The second kappa shape index (κ2) is 6.85. The summed E-state index contributed by atoms with van der Waals surface area (Å²) in [5, 5.41) is 3.17. The number of carbonyl (C=O) groups is 1. The fourth-order valence-electron chi connectivity index (χ4n) is 1.91. The van der Waals surface area contributed by atoms with Crippen LogP contribution in [0.3, 0.4) is 0 Å². The standard InChI is InChI=1S/C15H17N3O3S/c1-20-12-4-2-3-11(7-12)14-17-15(22-18-14)16-13(19)9-21-8-10-5-6-10/h2-4,7,10H,5-6,8-9H2,1H3,(H,16,17,18,19). The molecule has 2 aromatic rings. The van der Waals surface area contributed by atoms with E-state index in [0.717, 1.165) is 22.8 Å². The van der Waals surface area contributed by atoms with Crippen molar-refractivity contribution in [3.63, 3.8) is 0 Å². The van der Waals surface area contributed by atoms with Crippen molar-refractivity contribution in [2.45, 2.75) is 12.8 Å². The maximum Gasteiger partial charge on any atom is 0.252 e. The molecule has 0 saturated heterocycles.